The number of benzene rings is 1. The Bertz CT molecular complexity index is 1210. The van der Waals surface area contributed by atoms with Gasteiger partial charge in [0.2, 0.25) is 0 Å². The maximum absolute atomic E-state index is 12.7. The van der Waals surface area contributed by atoms with Crippen molar-refractivity contribution in [2.24, 2.45) is 0 Å². The number of carbonyl (C=O) groups excluding carboxylic acids is 1. The molecule has 0 aliphatic rings. The van der Waals surface area contributed by atoms with Gasteiger partial charge in [0.15, 0.2) is 11.6 Å². The van der Waals surface area contributed by atoms with Crippen molar-refractivity contribution >= 4 is 29.1 Å². The van der Waals surface area contributed by atoms with Crippen LogP contribution in [-0.2, 0) is 6.54 Å². The molecular formula is C22H17Cl2N5O2. The molecule has 9 heteroatoms. The molecule has 0 saturated heterocycles. The summed E-state index contributed by atoms with van der Waals surface area (Å²) in [5, 5.41) is 3.68. The van der Waals surface area contributed by atoms with Crippen LogP contribution in [0.5, 0.6) is 11.5 Å². The molecule has 3 aromatic heterocycles. The van der Waals surface area contributed by atoms with E-state index >= 15 is 0 Å². The second kappa shape index (κ2) is 9.16. The number of aromatic nitrogens is 4. The van der Waals surface area contributed by atoms with Gasteiger partial charge in [0, 0.05) is 18.9 Å². The van der Waals surface area contributed by atoms with Gasteiger partial charge < -0.3 is 10.1 Å². The predicted molar refractivity (Wildman–Crippen MR) is 118 cm³/mol. The van der Waals surface area contributed by atoms with E-state index in [9.17, 15) is 4.79 Å². The summed E-state index contributed by atoms with van der Waals surface area (Å²) in [5.74, 6) is 2.07. The zero-order valence-corrected chi connectivity index (χ0v) is 17.9. The van der Waals surface area contributed by atoms with Crippen molar-refractivity contribution in [3.63, 3.8) is 0 Å². The Morgan fingerprint density at radius 3 is 2.48 bits per heavy atom. The van der Waals surface area contributed by atoms with Gasteiger partial charge in [-0.25, -0.2) is 15.0 Å². The monoisotopic (exact) mass is 453 g/mol. The largest absolute Gasteiger partial charge is 0.454 e. The Labute approximate surface area is 188 Å². The maximum Gasteiger partial charge on any atom is 0.268 e. The first-order valence-electron chi connectivity index (χ1n) is 9.32. The van der Waals surface area contributed by atoms with Crippen LogP contribution in [0.4, 0.5) is 0 Å². The predicted octanol–water partition coefficient (Wildman–Crippen LogP) is 5.00. The SMILES string of the molecule is Cc1ncc(Oc2ccc(CNC(=O)c3cccn3-c3ncc(Cl)cc3Cl)cc2)cn1. The molecule has 31 heavy (non-hydrogen) atoms. The van der Waals surface area contributed by atoms with E-state index in [0.717, 1.165) is 5.56 Å². The van der Waals surface area contributed by atoms with Crippen LogP contribution in [0.25, 0.3) is 5.82 Å². The lowest BCUT2D eigenvalue weighted by molar-refractivity contribution is 0.0944. The van der Waals surface area contributed by atoms with Gasteiger partial charge in [0.05, 0.1) is 22.4 Å². The fourth-order valence-corrected chi connectivity index (χ4v) is 3.32. The zero-order valence-electron chi connectivity index (χ0n) is 16.4. The molecule has 3 heterocycles. The Morgan fingerprint density at radius 2 is 1.77 bits per heavy atom. The van der Waals surface area contributed by atoms with E-state index in [1.54, 1.807) is 41.4 Å². The smallest absolute Gasteiger partial charge is 0.268 e. The van der Waals surface area contributed by atoms with Crippen LogP contribution < -0.4 is 10.1 Å². The second-order valence-corrected chi connectivity index (χ2v) is 7.46. The van der Waals surface area contributed by atoms with E-state index in [2.05, 4.69) is 20.3 Å². The van der Waals surface area contributed by atoms with Gasteiger partial charge in [-0.3, -0.25) is 9.36 Å². The first-order chi connectivity index (χ1) is 15.0. The molecule has 0 spiro atoms. The number of pyridine rings is 1. The van der Waals surface area contributed by atoms with Crippen molar-refractivity contribution in [1.82, 2.24) is 24.8 Å². The van der Waals surface area contributed by atoms with Crippen LogP contribution in [0.1, 0.15) is 21.9 Å². The summed E-state index contributed by atoms with van der Waals surface area (Å²) in [6, 6.07) is 12.4. The van der Waals surface area contributed by atoms with Gasteiger partial charge in [-0.05, 0) is 42.8 Å². The highest BCUT2D eigenvalue weighted by Crippen LogP contribution is 2.24. The summed E-state index contributed by atoms with van der Waals surface area (Å²) < 4.78 is 7.33. The molecule has 1 amide bonds. The van der Waals surface area contributed by atoms with Crippen LogP contribution in [0, 0.1) is 6.92 Å². The number of nitrogens with one attached hydrogen (secondary N) is 1. The summed E-state index contributed by atoms with van der Waals surface area (Å²) in [5.41, 5.74) is 1.33. The fourth-order valence-electron chi connectivity index (χ4n) is 2.85. The number of carbonyl (C=O) groups is 1. The van der Waals surface area contributed by atoms with E-state index in [1.807, 2.05) is 31.2 Å². The van der Waals surface area contributed by atoms with Crippen LogP contribution >= 0.6 is 23.2 Å². The summed E-state index contributed by atoms with van der Waals surface area (Å²) in [4.78, 5) is 25.1. The third kappa shape index (κ3) is 5.02. The van der Waals surface area contributed by atoms with E-state index < -0.39 is 0 Å². The van der Waals surface area contributed by atoms with Crippen LogP contribution in [0.2, 0.25) is 10.0 Å². The van der Waals surface area contributed by atoms with Gasteiger partial charge in [-0.2, -0.15) is 0 Å². The molecule has 0 aliphatic heterocycles. The van der Waals surface area contributed by atoms with Crippen LogP contribution in [-0.4, -0.2) is 25.4 Å². The number of aryl methyl sites for hydroxylation is 1. The minimum absolute atomic E-state index is 0.255. The average Bonchev–Trinajstić information content (AvgIpc) is 3.24. The Balaban J connectivity index is 1.40. The number of halogens is 2. The maximum atomic E-state index is 12.7. The highest BCUT2D eigenvalue weighted by atomic mass is 35.5. The molecule has 1 N–H and O–H groups in total. The van der Waals surface area contributed by atoms with Gasteiger partial charge in [0.25, 0.3) is 5.91 Å². The minimum Gasteiger partial charge on any atom is -0.454 e. The first kappa shape index (κ1) is 20.8. The van der Waals surface area contributed by atoms with Crippen LogP contribution in [0.3, 0.4) is 0 Å². The number of nitrogens with zero attached hydrogens (tertiary/aromatic N) is 4. The molecule has 0 fully saturated rings. The Kier molecular flexibility index (Phi) is 6.16. The molecule has 0 bridgehead atoms. The summed E-state index contributed by atoms with van der Waals surface area (Å²) in [6.45, 7) is 2.16. The highest BCUT2D eigenvalue weighted by Gasteiger charge is 2.15. The van der Waals surface area contributed by atoms with E-state index in [-0.39, 0.29) is 5.91 Å². The molecule has 0 aliphatic carbocycles. The van der Waals surface area contributed by atoms with Crippen molar-refractivity contribution in [1.29, 1.82) is 0 Å². The third-order valence-corrected chi connectivity index (χ3v) is 4.85. The second-order valence-electron chi connectivity index (χ2n) is 6.62. The van der Waals surface area contributed by atoms with Crippen molar-refractivity contribution in [3.8, 4) is 17.3 Å². The normalized spacial score (nSPS) is 10.7. The molecule has 0 radical (unpaired) electrons. The lowest BCUT2D eigenvalue weighted by atomic mass is 10.2. The molecular weight excluding hydrogens is 437 g/mol. The van der Waals surface area contributed by atoms with Crippen molar-refractivity contribution in [2.45, 2.75) is 13.5 Å². The van der Waals surface area contributed by atoms with Gasteiger partial charge in [-0.15, -0.1) is 0 Å². The lowest BCUT2D eigenvalue weighted by Crippen LogP contribution is -2.25. The number of ether oxygens (including phenoxy) is 1. The summed E-state index contributed by atoms with van der Waals surface area (Å²) >= 11 is 12.1. The number of hydrogen-bond acceptors (Lipinski definition) is 5. The molecule has 1 aromatic carbocycles. The zero-order chi connectivity index (χ0) is 21.8. The quantitative estimate of drug-likeness (QED) is 0.444. The van der Waals surface area contributed by atoms with Gasteiger partial charge >= 0.3 is 0 Å². The highest BCUT2D eigenvalue weighted by molar-refractivity contribution is 6.35. The standard InChI is InChI=1S/C22H17Cl2N5O2/c1-14-25-12-18(13-26-14)31-17-6-4-15(5-7-17)10-28-22(30)20-3-2-8-29(20)21-19(24)9-16(23)11-27-21/h2-9,11-13H,10H2,1H3,(H,28,30). The van der Waals surface area contributed by atoms with E-state index in [4.69, 9.17) is 27.9 Å². The van der Waals surface area contributed by atoms with Gasteiger partial charge in [0.1, 0.15) is 17.3 Å². The number of amides is 1. The molecule has 0 unspecified atom stereocenters. The fraction of sp³-hybridized carbons (Fsp3) is 0.0909. The molecule has 156 valence electrons. The topological polar surface area (TPSA) is 81.9 Å². The molecule has 0 atom stereocenters. The van der Waals surface area contributed by atoms with E-state index in [1.165, 1.54) is 6.20 Å². The van der Waals surface area contributed by atoms with E-state index in [0.29, 0.717) is 45.4 Å². The summed E-state index contributed by atoms with van der Waals surface area (Å²) in [6.07, 6.45) is 6.44. The number of rotatable bonds is 6. The molecule has 7 nitrogen and oxygen atoms in total. The number of hydrogen-bond donors (Lipinski definition) is 1. The summed E-state index contributed by atoms with van der Waals surface area (Å²) in [7, 11) is 0. The average molecular weight is 454 g/mol. The minimum atomic E-state index is -0.255. The molecule has 0 saturated carbocycles. The first-order valence-corrected chi connectivity index (χ1v) is 10.1. The Hall–Kier alpha value is -3.42. The van der Waals surface area contributed by atoms with Crippen LogP contribution in [0.15, 0.2) is 67.3 Å². The lowest BCUT2D eigenvalue weighted by Gasteiger charge is -2.11. The molecule has 4 rings (SSSR count). The van der Waals surface area contributed by atoms with Crippen molar-refractivity contribution in [3.05, 3.63) is 94.4 Å². The van der Waals surface area contributed by atoms with Crippen molar-refractivity contribution in [2.75, 3.05) is 0 Å². The van der Waals surface area contributed by atoms with Gasteiger partial charge in [-0.1, -0.05) is 35.3 Å². The van der Waals surface area contributed by atoms with Crippen molar-refractivity contribution < 1.29 is 9.53 Å². The Morgan fingerprint density at radius 1 is 1.03 bits per heavy atom. The third-order valence-electron chi connectivity index (χ3n) is 4.37. The molecule has 4 aromatic rings.